The number of benzene rings is 1. The summed E-state index contributed by atoms with van der Waals surface area (Å²) in [4.78, 5) is 25.3. The molecule has 2 unspecified atom stereocenters. The number of aliphatic hydroxyl groups excluding tert-OH is 1. The summed E-state index contributed by atoms with van der Waals surface area (Å²) in [7, 11) is 1.32. The summed E-state index contributed by atoms with van der Waals surface area (Å²) >= 11 is 0. The summed E-state index contributed by atoms with van der Waals surface area (Å²) in [6.07, 6.45) is 2.51. The highest BCUT2D eigenvalue weighted by atomic mass is 16.5. The molecule has 0 spiro atoms. The molecule has 1 rings (SSSR count). The largest absolute Gasteiger partial charge is 0.469 e. The third kappa shape index (κ3) is 6.65. The van der Waals surface area contributed by atoms with Crippen LogP contribution < -0.4 is 0 Å². The second-order valence-electron chi connectivity index (χ2n) is 5.76. The van der Waals surface area contributed by atoms with E-state index in [9.17, 15) is 14.7 Å². The summed E-state index contributed by atoms with van der Waals surface area (Å²) in [6.45, 7) is 5.66. The first kappa shape index (κ1) is 18.9. The zero-order valence-corrected chi connectivity index (χ0v) is 14.2. The fraction of sp³-hybridized carbons (Fsp3) is 0.444. The Morgan fingerprint density at radius 1 is 1.22 bits per heavy atom. The van der Waals surface area contributed by atoms with Crippen molar-refractivity contribution in [1.29, 1.82) is 0 Å². The van der Waals surface area contributed by atoms with Crippen LogP contribution >= 0.6 is 0 Å². The van der Waals surface area contributed by atoms with Crippen LogP contribution in [0.15, 0.2) is 30.3 Å². The van der Waals surface area contributed by atoms with Crippen molar-refractivity contribution in [3.8, 4) is 0 Å². The third-order valence-corrected chi connectivity index (χ3v) is 3.39. The molecule has 23 heavy (non-hydrogen) atoms. The second-order valence-corrected chi connectivity index (χ2v) is 5.76. The molecule has 0 aliphatic rings. The van der Waals surface area contributed by atoms with Crippen molar-refractivity contribution in [1.82, 2.24) is 4.90 Å². The molecule has 2 atom stereocenters. The molecular weight excluding hydrogens is 294 g/mol. The Bertz CT molecular complexity index is 549. The Kier molecular flexibility index (Phi) is 7.48. The molecule has 0 fully saturated rings. The highest BCUT2D eigenvalue weighted by Crippen LogP contribution is 2.08. The molecule has 1 N–H and O–H groups in total. The minimum absolute atomic E-state index is 0.165. The van der Waals surface area contributed by atoms with E-state index in [-0.39, 0.29) is 25.0 Å². The van der Waals surface area contributed by atoms with Gasteiger partial charge in [-0.15, -0.1) is 0 Å². The molecule has 1 amide bonds. The van der Waals surface area contributed by atoms with Crippen LogP contribution in [0.3, 0.4) is 0 Å². The number of amides is 1. The fourth-order valence-corrected chi connectivity index (χ4v) is 2.13. The minimum atomic E-state index is -0.670. The van der Waals surface area contributed by atoms with Crippen molar-refractivity contribution in [2.45, 2.75) is 26.9 Å². The number of carbonyl (C=O) groups is 2. The Labute approximate surface area is 137 Å². The number of hydrogen-bond acceptors (Lipinski definition) is 4. The molecule has 1 aromatic carbocycles. The van der Waals surface area contributed by atoms with Gasteiger partial charge in [-0.25, -0.2) is 0 Å². The lowest BCUT2D eigenvalue weighted by Gasteiger charge is -2.25. The van der Waals surface area contributed by atoms with Crippen molar-refractivity contribution in [3.05, 3.63) is 41.5 Å². The van der Waals surface area contributed by atoms with Gasteiger partial charge in [0.15, 0.2) is 0 Å². The van der Waals surface area contributed by atoms with Gasteiger partial charge in [0.1, 0.15) is 0 Å². The van der Waals surface area contributed by atoms with Gasteiger partial charge in [-0.2, -0.15) is 0 Å². The van der Waals surface area contributed by atoms with Crippen molar-refractivity contribution >= 4 is 18.0 Å². The van der Waals surface area contributed by atoms with Gasteiger partial charge in [-0.3, -0.25) is 9.59 Å². The van der Waals surface area contributed by atoms with E-state index in [4.69, 9.17) is 0 Å². The Balaban J connectivity index is 2.78. The molecule has 0 saturated carbocycles. The van der Waals surface area contributed by atoms with Gasteiger partial charge >= 0.3 is 5.97 Å². The van der Waals surface area contributed by atoms with E-state index >= 15 is 0 Å². The van der Waals surface area contributed by atoms with E-state index in [0.29, 0.717) is 0 Å². The van der Waals surface area contributed by atoms with Crippen LogP contribution in [0.2, 0.25) is 0 Å². The summed E-state index contributed by atoms with van der Waals surface area (Å²) in [5.41, 5.74) is 2.07. The summed E-state index contributed by atoms with van der Waals surface area (Å²) in [6, 6.07) is 7.79. The van der Waals surface area contributed by atoms with Crippen LogP contribution in [-0.4, -0.2) is 48.2 Å². The molecule has 126 valence electrons. The first-order valence-electron chi connectivity index (χ1n) is 7.63. The molecule has 0 saturated heterocycles. The minimum Gasteiger partial charge on any atom is -0.469 e. The lowest BCUT2D eigenvalue weighted by molar-refractivity contribution is -0.146. The van der Waals surface area contributed by atoms with Crippen LogP contribution in [0.4, 0.5) is 0 Å². The zero-order chi connectivity index (χ0) is 17.4. The Morgan fingerprint density at radius 3 is 2.35 bits per heavy atom. The molecule has 0 heterocycles. The van der Waals surface area contributed by atoms with Crippen molar-refractivity contribution in [2.24, 2.45) is 5.92 Å². The van der Waals surface area contributed by atoms with Crippen LogP contribution in [-0.2, 0) is 14.3 Å². The monoisotopic (exact) mass is 319 g/mol. The summed E-state index contributed by atoms with van der Waals surface area (Å²) in [5.74, 6) is -1.08. The van der Waals surface area contributed by atoms with Crippen molar-refractivity contribution in [3.63, 3.8) is 0 Å². The number of aryl methyl sites for hydroxylation is 1. The molecule has 1 aromatic rings. The van der Waals surface area contributed by atoms with E-state index in [2.05, 4.69) is 4.74 Å². The molecule has 0 radical (unpaired) electrons. The van der Waals surface area contributed by atoms with Gasteiger partial charge in [-0.05, 0) is 25.5 Å². The average molecular weight is 319 g/mol. The summed E-state index contributed by atoms with van der Waals surface area (Å²) < 4.78 is 4.68. The quantitative estimate of drug-likeness (QED) is 0.617. The van der Waals surface area contributed by atoms with Gasteiger partial charge in [0.25, 0.3) is 0 Å². The number of carbonyl (C=O) groups excluding carboxylic acids is 2. The SMILES string of the molecule is COC(=O)C(C)CN(CC(C)O)C(=O)/C=C/c1ccc(C)cc1. The van der Waals surface area contributed by atoms with E-state index in [1.165, 1.54) is 18.1 Å². The maximum atomic E-state index is 12.3. The number of nitrogens with zero attached hydrogens (tertiary/aromatic N) is 1. The fourth-order valence-electron chi connectivity index (χ4n) is 2.13. The van der Waals surface area contributed by atoms with Gasteiger partial charge in [-0.1, -0.05) is 36.8 Å². The van der Waals surface area contributed by atoms with E-state index in [1.807, 2.05) is 31.2 Å². The molecular formula is C18H25NO4. The Morgan fingerprint density at radius 2 is 1.83 bits per heavy atom. The van der Waals surface area contributed by atoms with Gasteiger partial charge in [0.2, 0.25) is 5.91 Å². The van der Waals surface area contributed by atoms with E-state index < -0.39 is 12.0 Å². The second kappa shape index (κ2) is 9.10. The first-order valence-corrected chi connectivity index (χ1v) is 7.63. The number of rotatable bonds is 7. The average Bonchev–Trinajstić information content (AvgIpc) is 2.52. The number of hydrogen-bond donors (Lipinski definition) is 1. The number of esters is 1. The smallest absolute Gasteiger partial charge is 0.310 e. The predicted molar refractivity (Wildman–Crippen MR) is 89.7 cm³/mol. The van der Waals surface area contributed by atoms with Crippen molar-refractivity contribution in [2.75, 3.05) is 20.2 Å². The number of methoxy groups -OCH3 is 1. The maximum absolute atomic E-state index is 12.3. The lowest BCUT2D eigenvalue weighted by Crippen LogP contribution is -2.40. The normalized spacial score (nSPS) is 13.6. The third-order valence-electron chi connectivity index (χ3n) is 3.39. The summed E-state index contributed by atoms with van der Waals surface area (Å²) in [5, 5.41) is 9.56. The molecule has 0 bridgehead atoms. The van der Waals surface area contributed by atoms with Gasteiger partial charge in [0.05, 0.1) is 19.1 Å². The lowest BCUT2D eigenvalue weighted by atomic mass is 10.1. The van der Waals surface area contributed by atoms with Crippen LogP contribution in [0, 0.1) is 12.8 Å². The highest BCUT2D eigenvalue weighted by molar-refractivity contribution is 5.92. The molecule has 0 aliphatic heterocycles. The van der Waals surface area contributed by atoms with E-state index in [1.54, 1.807) is 19.9 Å². The number of ether oxygens (including phenoxy) is 1. The molecule has 0 aromatic heterocycles. The highest BCUT2D eigenvalue weighted by Gasteiger charge is 2.21. The zero-order valence-electron chi connectivity index (χ0n) is 14.2. The van der Waals surface area contributed by atoms with Crippen LogP contribution in [0.1, 0.15) is 25.0 Å². The predicted octanol–water partition coefficient (Wildman–Crippen LogP) is 2.03. The Hall–Kier alpha value is -2.14. The van der Waals surface area contributed by atoms with Crippen LogP contribution in [0.25, 0.3) is 6.08 Å². The van der Waals surface area contributed by atoms with Crippen LogP contribution in [0.5, 0.6) is 0 Å². The first-order chi connectivity index (χ1) is 10.8. The van der Waals surface area contributed by atoms with Gasteiger partial charge in [0, 0.05) is 19.2 Å². The van der Waals surface area contributed by atoms with E-state index in [0.717, 1.165) is 11.1 Å². The topological polar surface area (TPSA) is 66.8 Å². The van der Waals surface area contributed by atoms with Crippen molar-refractivity contribution < 1.29 is 19.4 Å². The maximum Gasteiger partial charge on any atom is 0.310 e. The number of aliphatic hydroxyl groups is 1. The molecule has 0 aliphatic carbocycles. The molecule has 5 nitrogen and oxygen atoms in total. The standard InChI is InChI=1S/C18H25NO4/c1-13-5-7-16(8-6-13)9-10-17(21)19(12-15(3)20)11-14(2)18(22)23-4/h5-10,14-15,20H,11-12H2,1-4H3/b10-9+. The van der Waals surface area contributed by atoms with Gasteiger partial charge < -0.3 is 14.7 Å². The molecule has 5 heteroatoms.